The molecule has 5 heteroatoms. The summed E-state index contributed by atoms with van der Waals surface area (Å²) in [6, 6.07) is 16.8. The fourth-order valence-electron chi connectivity index (χ4n) is 1.95. The van der Waals surface area contributed by atoms with Gasteiger partial charge in [-0.05, 0) is 42.0 Å². The number of hydrogen-bond donors (Lipinski definition) is 1. The van der Waals surface area contributed by atoms with Gasteiger partial charge in [-0.3, -0.25) is 4.79 Å². The normalized spacial score (nSPS) is 10.8. The fraction of sp³-hybridized carbons (Fsp3) is 0.111. The van der Waals surface area contributed by atoms with Crippen LogP contribution in [0.25, 0.3) is 6.08 Å². The molecule has 0 aromatic heterocycles. The zero-order valence-corrected chi connectivity index (χ0v) is 14.5. The Morgan fingerprint density at radius 2 is 1.91 bits per heavy atom. The van der Waals surface area contributed by atoms with E-state index >= 15 is 0 Å². The number of hydrogen-bond acceptors (Lipinski definition) is 3. The number of benzene rings is 2. The van der Waals surface area contributed by atoms with Gasteiger partial charge in [0, 0.05) is 29.9 Å². The van der Waals surface area contributed by atoms with Gasteiger partial charge in [-0.15, -0.1) is 0 Å². The number of carbonyl (C=O) groups is 1. The van der Waals surface area contributed by atoms with Crippen molar-refractivity contribution in [2.45, 2.75) is 0 Å². The first-order valence-corrected chi connectivity index (χ1v) is 7.75. The van der Waals surface area contributed by atoms with E-state index in [1.54, 1.807) is 18.2 Å². The summed E-state index contributed by atoms with van der Waals surface area (Å²) in [5, 5.41) is 12.0. The second-order valence-corrected chi connectivity index (χ2v) is 6.04. The van der Waals surface area contributed by atoms with Crippen LogP contribution in [0.15, 0.2) is 58.6 Å². The minimum absolute atomic E-state index is 0.0579. The van der Waals surface area contributed by atoms with Crippen molar-refractivity contribution in [3.8, 4) is 6.07 Å². The quantitative estimate of drug-likeness (QED) is 0.652. The second-order valence-electron chi connectivity index (χ2n) is 5.12. The summed E-state index contributed by atoms with van der Waals surface area (Å²) in [6.45, 7) is 0. The third-order valence-corrected chi connectivity index (χ3v) is 3.66. The molecule has 0 saturated carbocycles. The summed E-state index contributed by atoms with van der Waals surface area (Å²) in [5.41, 5.74) is 2.55. The zero-order chi connectivity index (χ0) is 16.8. The summed E-state index contributed by atoms with van der Waals surface area (Å²) >= 11 is 3.34. The van der Waals surface area contributed by atoms with E-state index in [1.807, 2.05) is 61.5 Å². The van der Waals surface area contributed by atoms with E-state index in [0.717, 1.165) is 15.7 Å². The fourth-order valence-corrected chi connectivity index (χ4v) is 2.35. The van der Waals surface area contributed by atoms with Crippen LogP contribution < -0.4 is 10.2 Å². The van der Waals surface area contributed by atoms with Crippen molar-refractivity contribution in [2.75, 3.05) is 24.3 Å². The number of carbonyl (C=O) groups excluding carboxylic acids is 1. The number of nitrogens with one attached hydrogen (secondary N) is 1. The Bertz CT molecular complexity index is 774. The first kappa shape index (κ1) is 16.8. The molecule has 116 valence electrons. The average Bonchev–Trinajstić information content (AvgIpc) is 2.53. The van der Waals surface area contributed by atoms with Crippen molar-refractivity contribution in [3.63, 3.8) is 0 Å². The molecule has 0 unspecified atom stereocenters. The number of nitriles is 1. The van der Waals surface area contributed by atoms with Gasteiger partial charge >= 0.3 is 0 Å². The topological polar surface area (TPSA) is 56.1 Å². The van der Waals surface area contributed by atoms with Crippen molar-refractivity contribution in [1.82, 2.24) is 0 Å². The lowest BCUT2D eigenvalue weighted by atomic mass is 10.1. The maximum atomic E-state index is 12.2. The average molecular weight is 370 g/mol. The molecular weight excluding hydrogens is 354 g/mol. The van der Waals surface area contributed by atoms with Gasteiger partial charge in [0.2, 0.25) is 0 Å². The molecule has 0 heterocycles. The Morgan fingerprint density at radius 3 is 2.48 bits per heavy atom. The molecule has 2 aromatic rings. The Morgan fingerprint density at radius 1 is 1.22 bits per heavy atom. The van der Waals surface area contributed by atoms with Gasteiger partial charge < -0.3 is 10.2 Å². The van der Waals surface area contributed by atoms with Crippen molar-refractivity contribution in [2.24, 2.45) is 0 Å². The lowest BCUT2D eigenvalue weighted by Gasteiger charge is -2.12. The van der Waals surface area contributed by atoms with E-state index in [1.165, 1.54) is 0 Å². The molecular formula is C18H16BrN3O. The predicted molar refractivity (Wildman–Crippen MR) is 97.1 cm³/mol. The highest BCUT2D eigenvalue weighted by molar-refractivity contribution is 9.10. The maximum absolute atomic E-state index is 12.2. The van der Waals surface area contributed by atoms with Crippen LogP contribution in [0.5, 0.6) is 0 Å². The van der Waals surface area contributed by atoms with Crippen molar-refractivity contribution >= 4 is 39.3 Å². The smallest absolute Gasteiger partial charge is 0.266 e. The monoisotopic (exact) mass is 369 g/mol. The number of anilines is 2. The molecule has 0 radical (unpaired) electrons. The third-order valence-electron chi connectivity index (χ3n) is 3.17. The SMILES string of the molecule is CN(C)c1ccc(C=C(C#N)C(=O)Nc2cccc(Br)c2)cc1. The first-order valence-electron chi connectivity index (χ1n) is 6.95. The Hall–Kier alpha value is -2.58. The van der Waals surface area contributed by atoms with Crippen molar-refractivity contribution in [1.29, 1.82) is 5.26 Å². The van der Waals surface area contributed by atoms with Crippen LogP contribution in [0, 0.1) is 11.3 Å². The standard InChI is InChI=1S/C18H16BrN3O/c1-22(2)17-8-6-13(7-9-17)10-14(12-20)18(23)21-16-5-3-4-15(19)11-16/h3-11H,1-2H3,(H,21,23). The number of halogens is 1. The maximum Gasteiger partial charge on any atom is 0.266 e. The van der Waals surface area contributed by atoms with Gasteiger partial charge in [0.15, 0.2) is 0 Å². The van der Waals surface area contributed by atoms with Crippen LogP contribution in [0.3, 0.4) is 0 Å². The molecule has 0 spiro atoms. The molecule has 4 nitrogen and oxygen atoms in total. The van der Waals surface area contributed by atoms with E-state index < -0.39 is 5.91 Å². The van der Waals surface area contributed by atoms with Crippen molar-refractivity contribution in [3.05, 3.63) is 64.1 Å². The predicted octanol–water partition coefficient (Wildman–Crippen LogP) is 4.06. The molecule has 0 saturated heterocycles. The van der Waals surface area contributed by atoms with Gasteiger partial charge in [-0.2, -0.15) is 5.26 Å². The first-order chi connectivity index (χ1) is 11.0. The largest absolute Gasteiger partial charge is 0.378 e. The Balaban J connectivity index is 2.18. The summed E-state index contributed by atoms with van der Waals surface area (Å²) in [6.07, 6.45) is 1.58. The molecule has 0 atom stereocenters. The van der Waals surface area contributed by atoms with E-state index in [9.17, 15) is 10.1 Å². The number of rotatable bonds is 4. The molecule has 0 bridgehead atoms. The molecule has 0 aliphatic rings. The minimum atomic E-state index is -0.428. The second kappa shape index (κ2) is 7.61. The highest BCUT2D eigenvalue weighted by Crippen LogP contribution is 2.18. The molecule has 0 aliphatic heterocycles. The summed E-state index contributed by atoms with van der Waals surface area (Å²) < 4.78 is 0.858. The lowest BCUT2D eigenvalue weighted by molar-refractivity contribution is -0.112. The van der Waals surface area contributed by atoms with Gasteiger partial charge in [0.05, 0.1) is 0 Å². The molecule has 0 aliphatic carbocycles. The molecule has 23 heavy (non-hydrogen) atoms. The van der Waals surface area contributed by atoms with Gasteiger partial charge in [0.1, 0.15) is 11.6 Å². The van der Waals surface area contributed by atoms with Crippen molar-refractivity contribution < 1.29 is 4.79 Å². The van der Waals surface area contributed by atoms with Crippen LogP contribution in [-0.2, 0) is 4.79 Å². The molecule has 1 amide bonds. The van der Waals surface area contributed by atoms with Crippen LogP contribution in [-0.4, -0.2) is 20.0 Å². The van der Waals surface area contributed by atoms with Crippen LogP contribution >= 0.6 is 15.9 Å². The minimum Gasteiger partial charge on any atom is -0.378 e. The van der Waals surface area contributed by atoms with Gasteiger partial charge in [0.25, 0.3) is 5.91 Å². The Kier molecular flexibility index (Phi) is 5.56. The van der Waals surface area contributed by atoms with Gasteiger partial charge in [-0.1, -0.05) is 34.1 Å². The summed E-state index contributed by atoms with van der Waals surface area (Å²) in [5.74, 6) is -0.428. The number of amides is 1. The Labute approximate surface area is 144 Å². The molecule has 2 rings (SSSR count). The van der Waals surface area contributed by atoms with E-state index in [-0.39, 0.29) is 5.57 Å². The van der Waals surface area contributed by atoms with Gasteiger partial charge in [-0.25, -0.2) is 0 Å². The molecule has 1 N–H and O–H groups in total. The van der Waals surface area contributed by atoms with E-state index in [2.05, 4.69) is 21.2 Å². The highest BCUT2D eigenvalue weighted by atomic mass is 79.9. The van der Waals surface area contributed by atoms with Crippen LogP contribution in [0.2, 0.25) is 0 Å². The summed E-state index contributed by atoms with van der Waals surface area (Å²) in [4.78, 5) is 14.2. The lowest BCUT2D eigenvalue weighted by Crippen LogP contribution is -2.13. The van der Waals surface area contributed by atoms with E-state index in [4.69, 9.17) is 0 Å². The van der Waals surface area contributed by atoms with E-state index in [0.29, 0.717) is 5.69 Å². The summed E-state index contributed by atoms with van der Waals surface area (Å²) in [7, 11) is 3.91. The molecule has 2 aromatic carbocycles. The van der Waals surface area contributed by atoms with Crippen LogP contribution in [0.1, 0.15) is 5.56 Å². The number of nitrogens with zero attached hydrogens (tertiary/aromatic N) is 2. The third kappa shape index (κ3) is 4.70. The zero-order valence-electron chi connectivity index (χ0n) is 12.9. The highest BCUT2D eigenvalue weighted by Gasteiger charge is 2.09. The molecule has 0 fully saturated rings. The van der Waals surface area contributed by atoms with Crippen LogP contribution in [0.4, 0.5) is 11.4 Å².